The normalized spacial score (nSPS) is 12.6. The molecule has 16 heavy (non-hydrogen) atoms. The number of nitrogens with zero attached hydrogens (tertiary/aromatic N) is 1. The number of carbonyl (C=O) groups excluding carboxylic acids is 1. The summed E-state index contributed by atoms with van der Waals surface area (Å²) in [4.78, 5) is 15.8. The lowest BCUT2D eigenvalue weighted by atomic mass is 10.3. The number of hydrogen-bond donors (Lipinski definition) is 0. The van der Waals surface area contributed by atoms with E-state index in [-0.39, 0.29) is 0 Å². The third-order valence-electron chi connectivity index (χ3n) is 2.07. The zero-order valence-electron chi connectivity index (χ0n) is 8.97. The van der Waals surface area contributed by atoms with Crippen LogP contribution < -0.4 is 0 Å². The summed E-state index contributed by atoms with van der Waals surface area (Å²) in [6.07, 6.45) is -0.556. The molecule has 1 aromatic heterocycles. The molecule has 1 atom stereocenters. The van der Waals surface area contributed by atoms with Crippen molar-refractivity contribution in [2.75, 3.05) is 7.11 Å². The first-order valence-corrected chi connectivity index (χ1v) is 5.61. The molecular weight excluding hydrogens is 226 g/mol. The molecular formula is C11H11NO3S. The Kier molecular flexibility index (Phi) is 3.17. The first-order chi connectivity index (χ1) is 7.70. The van der Waals surface area contributed by atoms with E-state index in [0.29, 0.717) is 5.01 Å². The molecule has 0 N–H and O–H groups in total. The van der Waals surface area contributed by atoms with E-state index in [0.717, 1.165) is 10.2 Å². The molecule has 0 saturated heterocycles. The lowest BCUT2D eigenvalue weighted by Crippen LogP contribution is -2.16. The summed E-state index contributed by atoms with van der Waals surface area (Å²) < 4.78 is 10.8. The fourth-order valence-electron chi connectivity index (χ4n) is 1.21. The lowest BCUT2D eigenvalue weighted by Gasteiger charge is -2.08. The second-order valence-electron chi connectivity index (χ2n) is 3.20. The first-order valence-electron chi connectivity index (χ1n) is 4.80. The van der Waals surface area contributed by atoms with Gasteiger partial charge < -0.3 is 9.47 Å². The summed E-state index contributed by atoms with van der Waals surface area (Å²) in [5, 5.41) is 0.352. The van der Waals surface area contributed by atoms with E-state index in [4.69, 9.17) is 9.47 Å². The third kappa shape index (κ3) is 2.20. The van der Waals surface area contributed by atoms with Crippen molar-refractivity contribution in [1.29, 1.82) is 0 Å². The van der Waals surface area contributed by atoms with E-state index in [2.05, 4.69) is 4.98 Å². The summed E-state index contributed by atoms with van der Waals surface area (Å²) in [6, 6.07) is 7.58. The maximum Gasteiger partial charge on any atom is 0.369 e. The SMILES string of the molecule is COC(C)OC(=O)c1nc2ccccc2s1. The van der Waals surface area contributed by atoms with E-state index in [9.17, 15) is 4.79 Å². The van der Waals surface area contributed by atoms with Gasteiger partial charge in [-0.3, -0.25) is 0 Å². The summed E-state index contributed by atoms with van der Waals surface area (Å²) >= 11 is 1.32. The number of carbonyl (C=O) groups is 1. The van der Waals surface area contributed by atoms with Gasteiger partial charge in [0.05, 0.1) is 10.2 Å². The van der Waals surface area contributed by atoms with Crippen molar-refractivity contribution in [3.05, 3.63) is 29.3 Å². The maximum absolute atomic E-state index is 11.6. The average Bonchev–Trinajstić information content (AvgIpc) is 2.72. The molecule has 0 aliphatic heterocycles. The fraction of sp³-hybridized carbons (Fsp3) is 0.273. The molecule has 84 valence electrons. The van der Waals surface area contributed by atoms with Crippen LogP contribution in [0.5, 0.6) is 0 Å². The number of benzene rings is 1. The van der Waals surface area contributed by atoms with Crippen molar-refractivity contribution in [2.45, 2.75) is 13.2 Å². The first kappa shape index (κ1) is 11.0. The van der Waals surface area contributed by atoms with Gasteiger partial charge in [-0.2, -0.15) is 0 Å². The molecule has 2 rings (SSSR count). The largest absolute Gasteiger partial charge is 0.431 e. The molecule has 0 amide bonds. The van der Waals surface area contributed by atoms with Crippen LogP contribution in [0.3, 0.4) is 0 Å². The highest BCUT2D eigenvalue weighted by Crippen LogP contribution is 2.22. The van der Waals surface area contributed by atoms with Crippen LogP contribution in [0.15, 0.2) is 24.3 Å². The monoisotopic (exact) mass is 237 g/mol. The van der Waals surface area contributed by atoms with Crippen LogP contribution in [0.4, 0.5) is 0 Å². The van der Waals surface area contributed by atoms with E-state index in [1.807, 2.05) is 24.3 Å². The Labute approximate surface area is 96.8 Å². The van der Waals surface area contributed by atoms with E-state index in [1.165, 1.54) is 18.4 Å². The van der Waals surface area contributed by atoms with Crippen LogP contribution in [-0.2, 0) is 9.47 Å². The smallest absolute Gasteiger partial charge is 0.369 e. The Bertz CT molecular complexity index is 476. The van der Waals surface area contributed by atoms with Gasteiger partial charge >= 0.3 is 5.97 Å². The number of ether oxygens (including phenoxy) is 2. The third-order valence-corrected chi connectivity index (χ3v) is 3.09. The molecule has 5 heteroatoms. The van der Waals surface area contributed by atoms with Crippen molar-refractivity contribution >= 4 is 27.5 Å². The van der Waals surface area contributed by atoms with Gasteiger partial charge in [-0.25, -0.2) is 9.78 Å². The maximum atomic E-state index is 11.6. The Morgan fingerprint density at radius 3 is 2.88 bits per heavy atom. The van der Waals surface area contributed by atoms with Gasteiger partial charge in [0.25, 0.3) is 0 Å². The minimum atomic E-state index is -0.556. The number of thiazole rings is 1. The van der Waals surface area contributed by atoms with E-state index in [1.54, 1.807) is 6.92 Å². The highest BCUT2D eigenvalue weighted by Gasteiger charge is 2.15. The lowest BCUT2D eigenvalue weighted by molar-refractivity contribution is -0.0773. The minimum absolute atomic E-state index is 0.352. The Balaban J connectivity index is 2.23. The second-order valence-corrected chi connectivity index (χ2v) is 4.23. The molecule has 0 saturated carbocycles. The van der Waals surface area contributed by atoms with Crippen LogP contribution in [0.25, 0.3) is 10.2 Å². The van der Waals surface area contributed by atoms with Crippen LogP contribution in [0.1, 0.15) is 16.7 Å². The molecule has 1 unspecified atom stereocenters. The standard InChI is InChI=1S/C11H11NO3S/c1-7(14-2)15-11(13)10-12-8-5-3-4-6-9(8)16-10/h3-7H,1-2H3. The molecule has 1 aromatic carbocycles. The van der Waals surface area contributed by atoms with Gasteiger partial charge in [0.15, 0.2) is 6.29 Å². The molecule has 0 bridgehead atoms. The molecule has 2 aromatic rings. The van der Waals surface area contributed by atoms with Crippen LogP contribution in [0, 0.1) is 0 Å². The second kappa shape index (κ2) is 4.59. The number of aromatic nitrogens is 1. The van der Waals surface area contributed by atoms with Crippen molar-refractivity contribution in [1.82, 2.24) is 4.98 Å². The zero-order valence-corrected chi connectivity index (χ0v) is 9.78. The summed E-state index contributed by atoms with van der Waals surface area (Å²) in [7, 11) is 1.48. The predicted molar refractivity (Wildman–Crippen MR) is 61.5 cm³/mol. The number of fused-ring (bicyclic) bond motifs is 1. The van der Waals surface area contributed by atoms with Crippen molar-refractivity contribution in [2.24, 2.45) is 0 Å². The molecule has 0 aliphatic rings. The van der Waals surface area contributed by atoms with Gasteiger partial charge in [0.1, 0.15) is 0 Å². The number of hydrogen-bond acceptors (Lipinski definition) is 5. The van der Waals surface area contributed by atoms with Gasteiger partial charge in [-0.05, 0) is 19.1 Å². The summed E-state index contributed by atoms with van der Waals surface area (Å²) in [5.74, 6) is -0.449. The van der Waals surface area contributed by atoms with Crippen LogP contribution in [-0.4, -0.2) is 24.4 Å². The Hall–Kier alpha value is -1.46. The number of para-hydroxylation sites is 1. The Morgan fingerprint density at radius 1 is 1.44 bits per heavy atom. The molecule has 4 nitrogen and oxygen atoms in total. The van der Waals surface area contributed by atoms with E-state index >= 15 is 0 Å². The quantitative estimate of drug-likeness (QED) is 0.607. The summed E-state index contributed by atoms with van der Waals surface area (Å²) in [6.45, 7) is 1.66. The van der Waals surface area contributed by atoms with Gasteiger partial charge in [0, 0.05) is 7.11 Å². The topological polar surface area (TPSA) is 48.4 Å². The van der Waals surface area contributed by atoms with Gasteiger partial charge in [-0.1, -0.05) is 12.1 Å². The minimum Gasteiger partial charge on any atom is -0.431 e. The van der Waals surface area contributed by atoms with E-state index < -0.39 is 12.3 Å². The molecule has 0 radical (unpaired) electrons. The highest BCUT2D eigenvalue weighted by atomic mass is 32.1. The van der Waals surface area contributed by atoms with Crippen LogP contribution in [0.2, 0.25) is 0 Å². The number of esters is 1. The zero-order chi connectivity index (χ0) is 11.5. The summed E-state index contributed by atoms with van der Waals surface area (Å²) in [5.41, 5.74) is 0.810. The molecule has 0 spiro atoms. The average molecular weight is 237 g/mol. The van der Waals surface area contributed by atoms with Crippen molar-refractivity contribution in [3.8, 4) is 0 Å². The number of methoxy groups -OCH3 is 1. The number of rotatable bonds is 3. The predicted octanol–water partition coefficient (Wildman–Crippen LogP) is 2.45. The van der Waals surface area contributed by atoms with Crippen molar-refractivity contribution < 1.29 is 14.3 Å². The molecule has 0 aliphatic carbocycles. The molecule has 1 heterocycles. The van der Waals surface area contributed by atoms with Gasteiger partial charge in [0.2, 0.25) is 5.01 Å². The van der Waals surface area contributed by atoms with Crippen molar-refractivity contribution in [3.63, 3.8) is 0 Å². The fourth-order valence-corrected chi connectivity index (χ4v) is 2.06. The highest BCUT2D eigenvalue weighted by molar-refractivity contribution is 7.20. The molecule has 0 fully saturated rings. The van der Waals surface area contributed by atoms with Gasteiger partial charge in [-0.15, -0.1) is 11.3 Å². The van der Waals surface area contributed by atoms with Crippen LogP contribution >= 0.6 is 11.3 Å². The Morgan fingerprint density at radius 2 is 2.19 bits per heavy atom.